The summed E-state index contributed by atoms with van der Waals surface area (Å²) in [6.07, 6.45) is -3.97. The van der Waals surface area contributed by atoms with Gasteiger partial charge in [0.2, 0.25) is 0 Å². The fourth-order valence-electron chi connectivity index (χ4n) is 0.545. The van der Waals surface area contributed by atoms with Crippen molar-refractivity contribution < 1.29 is 23.4 Å². The molecular formula is C7H11F3O2. The summed E-state index contributed by atoms with van der Waals surface area (Å²) >= 11 is 0. The van der Waals surface area contributed by atoms with Crippen molar-refractivity contribution in [2.45, 2.75) is 25.1 Å². The topological polar surface area (TPSA) is 40.5 Å². The normalized spacial score (nSPS) is 15.4. The molecule has 72 valence electrons. The number of halogens is 3. The van der Waals surface area contributed by atoms with Gasteiger partial charge in [0, 0.05) is 0 Å². The third-order valence-corrected chi connectivity index (χ3v) is 1.13. The van der Waals surface area contributed by atoms with Gasteiger partial charge in [0.05, 0.1) is 19.1 Å². The maximum Gasteiger partial charge on any atom is 0.392 e. The van der Waals surface area contributed by atoms with Gasteiger partial charge in [-0.1, -0.05) is 12.2 Å². The van der Waals surface area contributed by atoms with Crippen molar-refractivity contribution in [1.82, 2.24) is 0 Å². The van der Waals surface area contributed by atoms with E-state index in [1.165, 1.54) is 6.08 Å². The minimum Gasteiger partial charge on any atom is -0.394 e. The number of rotatable bonds is 4. The van der Waals surface area contributed by atoms with Crippen molar-refractivity contribution >= 4 is 0 Å². The fraction of sp³-hybridized carbons (Fsp3) is 0.714. The minimum atomic E-state index is -4.19. The number of alkyl halides is 3. The molecule has 2 nitrogen and oxygen atoms in total. The molecule has 2 N–H and O–H groups in total. The van der Waals surface area contributed by atoms with Crippen LogP contribution in [-0.4, -0.2) is 29.1 Å². The van der Waals surface area contributed by atoms with Crippen LogP contribution in [-0.2, 0) is 0 Å². The fourth-order valence-corrected chi connectivity index (χ4v) is 0.545. The molecule has 0 radical (unpaired) electrons. The van der Waals surface area contributed by atoms with Crippen LogP contribution in [0.15, 0.2) is 12.2 Å². The van der Waals surface area contributed by atoms with Crippen LogP contribution < -0.4 is 0 Å². The number of aliphatic hydroxyl groups is 2. The van der Waals surface area contributed by atoms with Crippen LogP contribution in [0.25, 0.3) is 0 Å². The third-order valence-electron chi connectivity index (χ3n) is 1.13. The Morgan fingerprint density at radius 2 is 1.83 bits per heavy atom. The van der Waals surface area contributed by atoms with Crippen molar-refractivity contribution in [3.63, 3.8) is 0 Å². The van der Waals surface area contributed by atoms with E-state index in [4.69, 9.17) is 10.2 Å². The van der Waals surface area contributed by atoms with Gasteiger partial charge in [-0.2, -0.15) is 13.2 Å². The first kappa shape index (κ1) is 11.4. The van der Waals surface area contributed by atoms with Crippen LogP contribution in [0.4, 0.5) is 13.2 Å². The summed E-state index contributed by atoms with van der Waals surface area (Å²) in [4.78, 5) is 0. The molecule has 0 aliphatic rings. The van der Waals surface area contributed by atoms with E-state index in [0.717, 1.165) is 6.08 Å². The Morgan fingerprint density at radius 3 is 2.25 bits per heavy atom. The first-order valence-corrected chi connectivity index (χ1v) is 3.46. The molecule has 0 aliphatic carbocycles. The van der Waals surface area contributed by atoms with E-state index >= 15 is 0 Å². The van der Waals surface area contributed by atoms with Crippen LogP contribution in [0, 0.1) is 0 Å². The molecule has 1 atom stereocenters. The Labute approximate surface area is 68.3 Å². The predicted octanol–water partition coefficient (Wildman–Crippen LogP) is 1.24. The SMILES string of the molecule is OCC(O)CC=CCC(F)(F)F. The first-order chi connectivity index (χ1) is 5.45. The lowest BCUT2D eigenvalue weighted by molar-refractivity contribution is -0.125. The summed E-state index contributed by atoms with van der Waals surface area (Å²) in [7, 11) is 0. The molecule has 5 heteroatoms. The highest BCUT2D eigenvalue weighted by molar-refractivity contribution is 4.85. The zero-order valence-corrected chi connectivity index (χ0v) is 6.38. The number of allylic oxidation sites excluding steroid dienone is 1. The molecule has 0 heterocycles. The Morgan fingerprint density at radius 1 is 1.25 bits per heavy atom. The molecule has 0 rings (SSSR count). The lowest BCUT2D eigenvalue weighted by Gasteiger charge is -2.02. The summed E-state index contributed by atoms with van der Waals surface area (Å²) in [6.45, 7) is -0.434. The first-order valence-electron chi connectivity index (χ1n) is 3.46. The summed E-state index contributed by atoms with van der Waals surface area (Å²) in [5.74, 6) is 0. The van der Waals surface area contributed by atoms with Gasteiger partial charge >= 0.3 is 6.18 Å². The van der Waals surface area contributed by atoms with E-state index in [9.17, 15) is 13.2 Å². The van der Waals surface area contributed by atoms with Crippen LogP contribution in [0.3, 0.4) is 0 Å². The summed E-state index contributed by atoms with van der Waals surface area (Å²) < 4.78 is 34.5. The van der Waals surface area contributed by atoms with Crippen LogP contribution in [0.5, 0.6) is 0 Å². The highest BCUT2D eigenvalue weighted by Gasteiger charge is 2.24. The Hall–Kier alpha value is -0.550. The molecule has 0 amide bonds. The second-order valence-electron chi connectivity index (χ2n) is 2.36. The Balaban J connectivity index is 3.50. The standard InChI is InChI=1S/C7H11F3O2/c8-7(9,10)4-2-1-3-6(12)5-11/h1-2,6,11-12H,3-5H2. The molecule has 12 heavy (non-hydrogen) atoms. The lowest BCUT2D eigenvalue weighted by Crippen LogP contribution is -2.10. The lowest BCUT2D eigenvalue weighted by atomic mass is 10.2. The van der Waals surface area contributed by atoms with E-state index in [0.29, 0.717) is 0 Å². The van der Waals surface area contributed by atoms with Crippen LogP contribution in [0.2, 0.25) is 0 Å². The molecule has 0 saturated heterocycles. The molecule has 0 bridgehead atoms. The van der Waals surface area contributed by atoms with E-state index in [-0.39, 0.29) is 6.42 Å². The minimum absolute atomic E-state index is 0.0482. The summed E-state index contributed by atoms with van der Waals surface area (Å²) in [5, 5.41) is 17.0. The molecule has 0 aromatic carbocycles. The molecule has 0 aliphatic heterocycles. The second kappa shape index (κ2) is 5.16. The smallest absolute Gasteiger partial charge is 0.392 e. The Bertz CT molecular complexity index is 142. The van der Waals surface area contributed by atoms with E-state index in [1.807, 2.05) is 0 Å². The van der Waals surface area contributed by atoms with Gasteiger partial charge in [0.1, 0.15) is 0 Å². The van der Waals surface area contributed by atoms with E-state index < -0.39 is 25.3 Å². The molecule has 0 aromatic rings. The number of aliphatic hydroxyl groups excluding tert-OH is 2. The second-order valence-corrected chi connectivity index (χ2v) is 2.36. The quantitative estimate of drug-likeness (QED) is 0.645. The highest BCUT2D eigenvalue weighted by atomic mass is 19.4. The average molecular weight is 184 g/mol. The maximum absolute atomic E-state index is 11.5. The van der Waals surface area contributed by atoms with Crippen molar-refractivity contribution in [3.8, 4) is 0 Å². The van der Waals surface area contributed by atoms with Crippen LogP contribution in [0.1, 0.15) is 12.8 Å². The molecule has 0 aromatic heterocycles. The summed E-state index contributed by atoms with van der Waals surface area (Å²) in [5.41, 5.74) is 0. The van der Waals surface area contributed by atoms with Gasteiger partial charge in [0.25, 0.3) is 0 Å². The van der Waals surface area contributed by atoms with Gasteiger partial charge < -0.3 is 10.2 Å². The molecule has 0 fully saturated rings. The number of hydrogen-bond donors (Lipinski definition) is 2. The predicted molar refractivity (Wildman–Crippen MR) is 37.5 cm³/mol. The molecular weight excluding hydrogens is 173 g/mol. The highest BCUT2D eigenvalue weighted by Crippen LogP contribution is 2.19. The van der Waals surface area contributed by atoms with Crippen molar-refractivity contribution in [1.29, 1.82) is 0 Å². The average Bonchev–Trinajstić information content (AvgIpc) is 1.96. The molecule has 0 saturated carbocycles. The van der Waals surface area contributed by atoms with Crippen LogP contribution >= 0.6 is 0 Å². The van der Waals surface area contributed by atoms with Crippen molar-refractivity contribution in [3.05, 3.63) is 12.2 Å². The van der Waals surface area contributed by atoms with Gasteiger partial charge in [-0.3, -0.25) is 0 Å². The van der Waals surface area contributed by atoms with Gasteiger partial charge in [-0.15, -0.1) is 0 Å². The van der Waals surface area contributed by atoms with Crippen molar-refractivity contribution in [2.75, 3.05) is 6.61 Å². The van der Waals surface area contributed by atoms with E-state index in [2.05, 4.69) is 0 Å². The Kier molecular flexibility index (Phi) is 4.92. The number of hydrogen-bond acceptors (Lipinski definition) is 2. The monoisotopic (exact) mass is 184 g/mol. The van der Waals surface area contributed by atoms with Gasteiger partial charge in [-0.05, 0) is 6.42 Å². The largest absolute Gasteiger partial charge is 0.394 e. The van der Waals surface area contributed by atoms with Crippen molar-refractivity contribution in [2.24, 2.45) is 0 Å². The molecule has 0 spiro atoms. The summed E-state index contributed by atoms with van der Waals surface area (Å²) in [6, 6.07) is 0. The third kappa shape index (κ3) is 7.56. The molecule has 1 unspecified atom stereocenters. The zero-order chi connectivity index (χ0) is 9.61. The zero-order valence-electron chi connectivity index (χ0n) is 6.38. The van der Waals surface area contributed by atoms with Gasteiger partial charge in [0.15, 0.2) is 0 Å². The maximum atomic E-state index is 11.5. The van der Waals surface area contributed by atoms with Gasteiger partial charge in [-0.25, -0.2) is 0 Å². The van der Waals surface area contributed by atoms with E-state index in [1.54, 1.807) is 0 Å².